The SMILES string of the molecule is CC1(C)CC=C(c2ccsc2)c2cc(-c3cccc(C(=O)O)c3NC=O)ccc21. The molecule has 0 bridgehead atoms. The fourth-order valence-electron chi connectivity index (χ4n) is 3.98. The molecule has 1 heterocycles. The molecule has 0 spiro atoms. The lowest BCUT2D eigenvalue weighted by Gasteiger charge is -2.32. The van der Waals surface area contributed by atoms with Crippen molar-refractivity contribution in [3.8, 4) is 11.1 Å². The fraction of sp³-hybridized carbons (Fsp3) is 0.167. The third kappa shape index (κ3) is 3.38. The molecule has 0 unspecified atom stereocenters. The van der Waals surface area contributed by atoms with E-state index in [-0.39, 0.29) is 11.0 Å². The Morgan fingerprint density at radius 3 is 2.66 bits per heavy atom. The minimum absolute atomic E-state index is 0.0141. The number of thiophene rings is 1. The van der Waals surface area contributed by atoms with Gasteiger partial charge in [0.2, 0.25) is 6.41 Å². The van der Waals surface area contributed by atoms with Gasteiger partial charge in [-0.15, -0.1) is 0 Å². The average molecular weight is 404 g/mol. The number of anilines is 1. The molecule has 146 valence electrons. The molecule has 4 rings (SSSR count). The number of allylic oxidation sites excluding steroid dienone is 1. The van der Waals surface area contributed by atoms with Gasteiger partial charge < -0.3 is 10.4 Å². The van der Waals surface area contributed by atoms with Gasteiger partial charge in [0, 0.05) is 5.56 Å². The molecule has 0 atom stereocenters. The number of benzene rings is 2. The number of carbonyl (C=O) groups excluding carboxylic acids is 1. The van der Waals surface area contributed by atoms with Crippen LogP contribution in [0.4, 0.5) is 5.69 Å². The van der Waals surface area contributed by atoms with Gasteiger partial charge in [0.25, 0.3) is 0 Å². The Kier molecular flexibility index (Phi) is 4.84. The summed E-state index contributed by atoms with van der Waals surface area (Å²) in [6.45, 7) is 4.47. The number of fused-ring (bicyclic) bond motifs is 1. The standard InChI is InChI=1S/C24H21NO3S/c1-24(2)10-8-17(16-9-11-29-13-16)20-12-15(6-7-21(20)24)18-4-3-5-19(23(27)28)22(18)25-14-26/h3-9,11-14H,10H2,1-2H3,(H,25,26)(H,27,28). The molecule has 0 aliphatic heterocycles. The summed E-state index contributed by atoms with van der Waals surface area (Å²) in [6, 6.07) is 13.4. The number of carboxylic acids is 1. The quantitative estimate of drug-likeness (QED) is 0.530. The number of rotatable bonds is 5. The summed E-state index contributed by atoms with van der Waals surface area (Å²) in [5.41, 5.74) is 6.76. The van der Waals surface area contributed by atoms with Crippen molar-refractivity contribution in [2.24, 2.45) is 0 Å². The largest absolute Gasteiger partial charge is 0.478 e. The van der Waals surface area contributed by atoms with Crippen LogP contribution < -0.4 is 5.32 Å². The highest BCUT2D eigenvalue weighted by Gasteiger charge is 2.29. The minimum atomic E-state index is -1.07. The second-order valence-electron chi connectivity index (χ2n) is 7.77. The highest BCUT2D eigenvalue weighted by molar-refractivity contribution is 7.08. The molecule has 29 heavy (non-hydrogen) atoms. The highest BCUT2D eigenvalue weighted by atomic mass is 32.1. The minimum Gasteiger partial charge on any atom is -0.478 e. The number of para-hydroxylation sites is 1. The van der Waals surface area contributed by atoms with Crippen molar-refractivity contribution in [1.82, 2.24) is 0 Å². The Morgan fingerprint density at radius 1 is 1.14 bits per heavy atom. The zero-order valence-electron chi connectivity index (χ0n) is 16.2. The second-order valence-corrected chi connectivity index (χ2v) is 8.55. The average Bonchev–Trinajstić information content (AvgIpc) is 3.22. The van der Waals surface area contributed by atoms with Gasteiger partial charge in [-0.05, 0) is 68.6 Å². The van der Waals surface area contributed by atoms with Crippen LogP contribution in [0.25, 0.3) is 16.7 Å². The van der Waals surface area contributed by atoms with Crippen molar-refractivity contribution in [2.45, 2.75) is 25.7 Å². The normalized spacial score (nSPS) is 14.6. The Balaban J connectivity index is 1.93. The third-order valence-electron chi connectivity index (χ3n) is 5.50. The van der Waals surface area contributed by atoms with E-state index in [1.54, 1.807) is 17.4 Å². The maximum atomic E-state index is 11.6. The smallest absolute Gasteiger partial charge is 0.337 e. The number of hydrogen-bond donors (Lipinski definition) is 2. The van der Waals surface area contributed by atoms with E-state index in [4.69, 9.17) is 0 Å². The maximum absolute atomic E-state index is 11.6. The summed E-state index contributed by atoms with van der Waals surface area (Å²) in [4.78, 5) is 22.8. The first-order chi connectivity index (χ1) is 13.9. The number of hydrogen-bond acceptors (Lipinski definition) is 3. The van der Waals surface area contributed by atoms with E-state index in [1.165, 1.54) is 22.8 Å². The lowest BCUT2D eigenvalue weighted by Crippen LogP contribution is -2.21. The van der Waals surface area contributed by atoms with Gasteiger partial charge in [-0.1, -0.05) is 44.2 Å². The first kappa shape index (κ1) is 19.2. The molecule has 2 N–H and O–H groups in total. The van der Waals surface area contributed by atoms with Crippen molar-refractivity contribution in [1.29, 1.82) is 0 Å². The summed E-state index contributed by atoms with van der Waals surface area (Å²) in [5, 5.41) is 16.3. The van der Waals surface area contributed by atoms with Crippen molar-refractivity contribution < 1.29 is 14.7 Å². The summed E-state index contributed by atoms with van der Waals surface area (Å²) >= 11 is 1.67. The monoisotopic (exact) mass is 403 g/mol. The van der Waals surface area contributed by atoms with Gasteiger partial charge in [-0.3, -0.25) is 4.79 Å². The van der Waals surface area contributed by atoms with E-state index in [0.717, 1.165) is 17.5 Å². The Morgan fingerprint density at radius 2 is 1.97 bits per heavy atom. The molecule has 3 aromatic rings. The molecule has 0 saturated carbocycles. The molecule has 1 amide bonds. The molecule has 5 heteroatoms. The van der Waals surface area contributed by atoms with Gasteiger partial charge in [0.05, 0.1) is 11.3 Å². The van der Waals surface area contributed by atoms with Gasteiger partial charge in [0.1, 0.15) is 0 Å². The van der Waals surface area contributed by atoms with Crippen LogP contribution in [0, 0.1) is 0 Å². The molecule has 4 nitrogen and oxygen atoms in total. The molecule has 2 aromatic carbocycles. The number of carboxylic acid groups (broad SMARTS) is 1. The van der Waals surface area contributed by atoms with E-state index >= 15 is 0 Å². The van der Waals surface area contributed by atoms with E-state index in [0.29, 0.717) is 17.7 Å². The van der Waals surface area contributed by atoms with Crippen molar-refractivity contribution in [2.75, 3.05) is 5.32 Å². The van der Waals surface area contributed by atoms with Crippen LogP contribution in [0.1, 0.15) is 47.3 Å². The van der Waals surface area contributed by atoms with Crippen LogP contribution >= 0.6 is 11.3 Å². The van der Waals surface area contributed by atoms with Gasteiger partial charge >= 0.3 is 5.97 Å². The van der Waals surface area contributed by atoms with E-state index < -0.39 is 5.97 Å². The lowest BCUT2D eigenvalue weighted by atomic mass is 9.72. The zero-order chi connectivity index (χ0) is 20.6. The van der Waals surface area contributed by atoms with Crippen LogP contribution in [-0.4, -0.2) is 17.5 Å². The summed E-state index contributed by atoms with van der Waals surface area (Å²) in [5.74, 6) is -1.07. The number of aromatic carboxylic acids is 1. The Bertz CT molecular complexity index is 1130. The lowest BCUT2D eigenvalue weighted by molar-refractivity contribution is -0.105. The molecule has 1 aromatic heterocycles. The van der Waals surface area contributed by atoms with Crippen LogP contribution in [0.2, 0.25) is 0 Å². The van der Waals surface area contributed by atoms with Crippen LogP contribution in [0.5, 0.6) is 0 Å². The topological polar surface area (TPSA) is 66.4 Å². The number of carbonyl (C=O) groups is 2. The zero-order valence-corrected chi connectivity index (χ0v) is 17.0. The molecular weight excluding hydrogens is 382 g/mol. The van der Waals surface area contributed by atoms with Crippen molar-refractivity contribution in [3.05, 3.63) is 81.6 Å². The van der Waals surface area contributed by atoms with E-state index in [1.807, 2.05) is 12.1 Å². The molecule has 1 aliphatic rings. The predicted octanol–water partition coefficient (Wildman–Crippen LogP) is 5.79. The molecule has 1 aliphatic carbocycles. The second kappa shape index (κ2) is 7.33. The molecular formula is C24H21NO3S. The van der Waals surface area contributed by atoms with E-state index in [9.17, 15) is 14.7 Å². The first-order valence-corrected chi connectivity index (χ1v) is 10.3. The van der Waals surface area contributed by atoms with Crippen LogP contribution in [0.3, 0.4) is 0 Å². The van der Waals surface area contributed by atoms with Gasteiger partial charge in [-0.2, -0.15) is 11.3 Å². The molecule has 0 fully saturated rings. The van der Waals surface area contributed by atoms with Gasteiger partial charge in [-0.25, -0.2) is 4.79 Å². The van der Waals surface area contributed by atoms with Crippen molar-refractivity contribution >= 4 is 35.0 Å². The first-order valence-electron chi connectivity index (χ1n) is 9.37. The predicted molar refractivity (Wildman–Crippen MR) is 118 cm³/mol. The summed E-state index contributed by atoms with van der Waals surface area (Å²) < 4.78 is 0. The number of nitrogens with one attached hydrogen (secondary N) is 1. The van der Waals surface area contributed by atoms with Gasteiger partial charge in [0.15, 0.2) is 0 Å². The Hall–Kier alpha value is -3.18. The van der Waals surface area contributed by atoms with Crippen LogP contribution in [-0.2, 0) is 10.2 Å². The maximum Gasteiger partial charge on any atom is 0.337 e. The summed E-state index contributed by atoms with van der Waals surface area (Å²) in [6.07, 6.45) is 3.76. The Labute approximate surface area is 173 Å². The van der Waals surface area contributed by atoms with Crippen molar-refractivity contribution in [3.63, 3.8) is 0 Å². The summed E-state index contributed by atoms with van der Waals surface area (Å²) in [7, 11) is 0. The molecule has 0 radical (unpaired) electrons. The highest BCUT2D eigenvalue weighted by Crippen LogP contribution is 2.44. The third-order valence-corrected chi connectivity index (χ3v) is 6.18. The fourth-order valence-corrected chi connectivity index (χ4v) is 4.63. The number of amides is 1. The molecule has 0 saturated heterocycles. The van der Waals surface area contributed by atoms with Crippen LogP contribution in [0.15, 0.2) is 59.3 Å². The van der Waals surface area contributed by atoms with E-state index in [2.05, 4.69) is 54.2 Å².